The Balaban J connectivity index is 1.75. The van der Waals surface area contributed by atoms with Gasteiger partial charge in [0.25, 0.3) is 0 Å². The third-order valence-electron chi connectivity index (χ3n) is 3.16. The predicted molar refractivity (Wildman–Crippen MR) is 73.2 cm³/mol. The van der Waals surface area contributed by atoms with Gasteiger partial charge in [-0.05, 0) is 19.4 Å². The van der Waals surface area contributed by atoms with Crippen LogP contribution in [0.5, 0.6) is 0 Å². The van der Waals surface area contributed by atoms with E-state index in [0.29, 0.717) is 24.6 Å². The number of ether oxygens (including phenoxy) is 1. The Hall–Kier alpha value is -2.22. The summed E-state index contributed by atoms with van der Waals surface area (Å²) in [4.78, 5) is 15.8. The number of aryl methyl sites for hydroxylation is 2. The van der Waals surface area contributed by atoms with Crippen molar-refractivity contribution in [2.24, 2.45) is 0 Å². The molecule has 0 saturated carbocycles. The van der Waals surface area contributed by atoms with E-state index >= 15 is 0 Å². The maximum absolute atomic E-state index is 11.8. The lowest BCUT2D eigenvalue weighted by atomic mass is 10.1. The lowest BCUT2D eigenvalue weighted by Gasteiger charge is -2.01. The first-order valence-electron chi connectivity index (χ1n) is 6.67. The quantitative estimate of drug-likeness (QED) is 0.782. The van der Waals surface area contributed by atoms with Gasteiger partial charge in [0.05, 0.1) is 12.2 Å². The van der Waals surface area contributed by atoms with E-state index in [1.54, 1.807) is 7.11 Å². The zero-order valence-electron chi connectivity index (χ0n) is 12.4. The van der Waals surface area contributed by atoms with E-state index in [-0.39, 0.29) is 19.1 Å². The molecule has 114 valence electrons. The topological polar surface area (TPSA) is 106 Å². The summed E-state index contributed by atoms with van der Waals surface area (Å²) >= 11 is 0. The number of nitrogens with one attached hydrogen (secondary N) is 2. The highest BCUT2D eigenvalue weighted by Gasteiger charge is 2.10. The van der Waals surface area contributed by atoms with Gasteiger partial charge >= 0.3 is 0 Å². The summed E-state index contributed by atoms with van der Waals surface area (Å²) in [6, 6.07) is 0. The van der Waals surface area contributed by atoms with Gasteiger partial charge in [-0.25, -0.2) is 0 Å². The minimum atomic E-state index is -0.0819. The molecule has 2 aromatic heterocycles. The van der Waals surface area contributed by atoms with Gasteiger partial charge in [0, 0.05) is 25.6 Å². The fourth-order valence-electron chi connectivity index (χ4n) is 1.82. The van der Waals surface area contributed by atoms with Crippen LogP contribution in [0.4, 0.5) is 0 Å². The molecule has 0 aliphatic carbocycles. The number of aromatic amines is 1. The lowest BCUT2D eigenvalue weighted by Crippen LogP contribution is -2.23. The van der Waals surface area contributed by atoms with Gasteiger partial charge in [0.15, 0.2) is 5.82 Å². The van der Waals surface area contributed by atoms with Crippen LogP contribution >= 0.6 is 0 Å². The van der Waals surface area contributed by atoms with E-state index in [1.807, 2.05) is 13.8 Å². The molecule has 0 unspecified atom stereocenters. The molecule has 2 aromatic rings. The molecule has 0 spiro atoms. The Morgan fingerprint density at radius 2 is 2.24 bits per heavy atom. The van der Waals surface area contributed by atoms with Crippen LogP contribution in [-0.2, 0) is 29.1 Å². The first-order chi connectivity index (χ1) is 10.1. The second-order valence-electron chi connectivity index (χ2n) is 4.73. The monoisotopic (exact) mass is 293 g/mol. The van der Waals surface area contributed by atoms with E-state index in [4.69, 9.17) is 9.26 Å². The van der Waals surface area contributed by atoms with Gasteiger partial charge in [0.2, 0.25) is 11.8 Å². The Kier molecular flexibility index (Phi) is 5.04. The second-order valence-corrected chi connectivity index (χ2v) is 4.73. The van der Waals surface area contributed by atoms with Crippen molar-refractivity contribution in [1.29, 1.82) is 0 Å². The molecule has 0 aliphatic rings. The van der Waals surface area contributed by atoms with E-state index in [9.17, 15) is 4.79 Å². The van der Waals surface area contributed by atoms with Gasteiger partial charge in [-0.15, -0.1) is 0 Å². The second kappa shape index (κ2) is 6.98. The SMILES string of the molecule is COCc1noc(CNC(=O)CCc2n[nH]c(C)c2C)n1. The van der Waals surface area contributed by atoms with Crippen molar-refractivity contribution in [3.05, 3.63) is 28.7 Å². The predicted octanol–water partition coefficient (Wildman–Crippen LogP) is 0.805. The number of H-pyrrole nitrogens is 1. The van der Waals surface area contributed by atoms with Crippen LogP contribution in [0.25, 0.3) is 0 Å². The highest BCUT2D eigenvalue weighted by molar-refractivity contribution is 5.76. The summed E-state index contributed by atoms with van der Waals surface area (Å²) in [7, 11) is 1.55. The fraction of sp³-hybridized carbons (Fsp3) is 0.538. The fourth-order valence-corrected chi connectivity index (χ4v) is 1.82. The average molecular weight is 293 g/mol. The zero-order valence-corrected chi connectivity index (χ0v) is 12.4. The molecule has 0 bridgehead atoms. The maximum Gasteiger partial charge on any atom is 0.246 e. The molecule has 0 saturated heterocycles. The standard InChI is InChI=1S/C13H19N5O3/c1-8-9(2)16-17-10(8)4-5-12(19)14-6-13-15-11(7-20-3)18-21-13/h4-7H2,1-3H3,(H,14,19)(H,16,17). The number of carbonyl (C=O) groups excluding carboxylic acids is 1. The van der Waals surface area contributed by atoms with Crippen molar-refractivity contribution >= 4 is 5.91 Å². The highest BCUT2D eigenvalue weighted by atomic mass is 16.5. The Labute approximate surface area is 122 Å². The van der Waals surface area contributed by atoms with E-state index in [0.717, 1.165) is 17.0 Å². The largest absolute Gasteiger partial charge is 0.377 e. The first kappa shape index (κ1) is 15.2. The summed E-state index contributed by atoms with van der Waals surface area (Å²) in [5, 5.41) is 13.5. The van der Waals surface area contributed by atoms with Crippen LogP contribution in [0.1, 0.15) is 35.1 Å². The Bertz CT molecular complexity index is 605. The molecule has 2 heterocycles. The van der Waals surface area contributed by atoms with Gasteiger partial charge in [-0.2, -0.15) is 10.1 Å². The first-order valence-corrected chi connectivity index (χ1v) is 6.67. The summed E-state index contributed by atoms with van der Waals surface area (Å²) in [5.41, 5.74) is 3.05. The molecule has 8 heteroatoms. The molecule has 8 nitrogen and oxygen atoms in total. The third kappa shape index (κ3) is 4.12. The Morgan fingerprint density at radius 3 is 2.90 bits per heavy atom. The maximum atomic E-state index is 11.8. The van der Waals surface area contributed by atoms with Crippen LogP contribution < -0.4 is 5.32 Å². The van der Waals surface area contributed by atoms with E-state index < -0.39 is 0 Å². The summed E-state index contributed by atoms with van der Waals surface area (Å²) in [5.74, 6) is 0.744. The van der Waals surface area contributed by atoms with Crippen LogP contribution in [0.15, 0.2) is 4.52 Å². The van der Waals surface area contributed by atoms with Crippen molar-refractivity contribution < 1.29 is 14.1 Å². The third-order valence-corrected chi connectivity index (χ3v) is 3.16. The zero-order chi connectivity index (χ0) is 15.2. The van der Waals surface area contributed by atoms with Crippen molar-refractivity contribution in [3.8, 4) is 0 Å². The number of amides is 1. The van der Waals surface area contributed by atoms with E-state index in [1.165, 1.54) is 0 Å². The van der Waals surface area contributed by atoms with Crippen LogP contribution in [0, 0.1) is 13.8 Å². The number of nitrogens with zero attached hydrogens (tertiary/aromatic N) is 3. The highest BCUT2D eigenvalue weighted by Crippen LogP contribution is 2.10. The summed E-state index contributed by atoms with van der Waals surface area (Å²) in [6.07, 6.45) is 0.963. The van der Waals surface area contributed by atoms with Gasteiger partial charge < -0.3 is 14.6 Å². The molecule has 1 amide bonds. The number of rotatable bonds is 7. The molecule has 0 aliphatic heterocycles. The van der Waals surface area contributed by atoms with Crippen molar-refractivity contribution in [2.45, 2.75) is 39.8 Å². The molecule has 0 fully saturated rings. The van der Waals surface area contributed by atoms with Gasteiger partial charge in [0.1, 0.15) is 6.61 Å². The van der Waals surface area contributed by atoms with Crippen LogP contribution in [0.2, 0.25) is 0 Å². The molecule has 21 heavy (non-hydrogen) atoms. The molecule has 2 N–H and O–H groups in total. The molecule has 0 aromatic carbocycles. The number of hydrogen-bond donors (Lipinski definition) is 2. The Morgan fingerprint density at radius 1 is 1.43 bits per heavy atom. The number of methoxy groups -OCH3 is 1. The van der Waals surface area contributed by atoms with Crippen molar-refractivity contribution in [1.82, 2.24) is 25.7 Å². The smallest absolute Gasteiger partial charge is 0.246 e. The molecular formula is C13H19N5O3. The normalized spacial score (nSPS) is 10.8. The van der Waals surface area contributed by atoms with Crippen molar-refractivity contribution in [2.75, 3.05) is 7.11 Å². The number of aromatic nitrogens is 4. The molecular weight excluding hydrogens is 274 g/mol. The van der Waals surface area contributed by atoms with Gasteiger partial charge in [-0.1, -0.05) is 5.16 Å². The number of carbonyl (C=O) groups is 1. The minimum absolute atomic E-state index is 0.0819. The summed E-state index contributed by atoms with van der Waals surface area (Å²) < 4.78 is 9.86. The number of hydrogen-bond acceptors (Lipinski definition) is 6. The van der Waals surface area contributed by atoms with Crippen LogP contribution in [-0.4, -0.2) is 33.4 Å². The average Bonchev–Trinajstić information content (AvgIpc) is 3.04. The van der Waals surface area contributed by atoms with Crippen molar-refractivity contribution in [3.63, 3.8) is 0 Å². The molecule has 0 radical (unpaired) electrons. The van der Waals surface area contributed by atoms with Crippen LogP contribution in [0.3, 0.4) is 0 Å². The molecule has 0 atom stereocenters. The minimum Gasteiger partial charge on any atom is -0.377 e. The van der Waals surface area contributed by atoms with Gasteiger partial charge in [-0.3, -0.25) is 9.89 Å². The van der Waals surface area contributed by atoms with E-state index in [2.05, 4.69) is 25.7 Å². The lowest BCUT2D eigenvalue weighted by molar-refractivity contribution is -0.121. The summed E-state index contributed by atoms with van der Waals surface area (Å²) in [6.45, 7) is 4.45. The molecule has 2 rings (SSSR count).